The predicted molar refractivity (Wildman–Crippen MR) is 67.3 cm³/mol. The molecule has 0 aliphatic heterocycles. The van der Waals surface area contributed by atoms with Gasteiger partial charge in [0, 0.05) is 32.8 Å². The first-order chi connectivity index (χ1) is 10.0. The molecule has 2 aromatic rings. The van der Waals surface area contributed by atoms with Crippen LogP contribution in [0.15, 0.2) is 36.4 Å². The van der Waals surface area contributed by atoms with Gasteiger partial charge in [-0.25, -0.2) is 0 Å². The number of nitrogens with zero attached hydrogens (tertiary/aromatic N) is 1. The van der Waals surface area contributed by atoms with Crippen LogP contribution in [-0.2, 0) is 7.05 Å². The Balaban J connectivity index is 2.69. The summed E-state index contributed by atoms with van der Waals surface area (Å²) in [6.45, 7) is -2.67. The number of hydrogen-bond donors (Lipinski definition) is 0. The van der Waals surface area contributed by atoms with Crippen LogP contribution in [0.25, 0.3) is 11.3 Å². The Morgan fingerprint density at radius 2 is 1.88 bits per heavy atom. The van der Waals surface area contributed by atoms with E-state index in [9.17, 15) is 0 Å². The Morgan fingerprint density at radius 3 is 2.62 bits per heavy atom. The van der Waals surface area contributed by atoms with E-state index in [1.807, 2.05) is 6.07 Å². The van der Waals surface area contributed by atoms with E-state index >= 15 is 0 Å². The summed E-state index contributed by atoms with van der Waals surface area (Å²) in [5, 5.41) is 0. The fraction of sp³-hybridized carbons (Fsp3) is 0.267. The lowest BCUT2D eigenvalue weighted by Gasteiger charge is -2.07. The Labute approximate surface area is 106 Å². The summed E-state index contributed by atoms with van der Waals surface area (Å²) in [5.41, 5.74) is 2.54. The number of pyridine rings is 1. The van der Waals surface area contributed by atoms with Gasteiger partial charge in [-0.05, 0) is 37.0 Å². The summed E-state index contributed by atoms with van der Waals surface area (Å²) in [4.78, 5) is 0. The molecule has 0 fully saturated rings. The molecule has 0 spiro atoms. The average molecular weight is 218 g/mol. The minimum atomic E-state index is -2.22. The van der Waals surface area contributed by atoms with E-state index in [2.05, 4.69) is 0 Å². The highest BCUT2D eigenvalue weighted by Gasteiger charge is 2.13. The van der Waals surface area contributed by atoms with Gasteiger partial charge in [0.25, 0.3) is 0 Å². The first-order valence-electron chi connectivity index (χ1n) is 8.13. The standard InChI is InChI=1S/C15H18N/c1-11-7-5-9-14(13(11)3)15-10-6-8-12(2)16(15)4/h5-10H,1-4H3/q+1/i1D3,2D3. The normalized spacial score (nSPS) is 17.6. The lowest BCUT2D eigenvalue weighted by molar-refractivity contribution is -0.666. The Hall–Kier alpha value is -1.63. The van der Waals surface area contributed by atoms with Gasteiger partial charge in [-0.1, -0.05) is 12.1 Å². The molecule has 0 bridgehead atoms. The summed E-state index contributed by atoms with van der Waals surface area (Å²) in [6.07, 6.45) is 0. The van der Waals surface area contributed by atoms with E-state index in [1.165, 1.54) is 0 Å². The predicted octanol–water partition coefficient (Wildman–Crippen LogP) is 3.10. The fourth-order valence-corrected chi connectivity index (χ4v) is 1.77. The van der Waals surface area contributed by atoms with Crippen molar-refractivity contribution in [3.63, 3.8) is 0 Å². The van der Waals surface area contributed by atoms with Crippen LogP contribution in [0.3, 0.4) is 0 Å². The summed E-state index contributed by atoms with van der Waals surface area (Å²) in [5.74, 6) is 0. The molecule has 0 atom stereocenters. The molecule has 0 radical (unpaired) electrons. The van der Waals surface area contributed by atoms with Crippen LogP contribution in [0.2, 0.25) is 0 Å². The minimum absolute atomic E-state index is 0.212. The van der Waals surface area contributed by atoms with E-state index < -0.39 is 13.7 Å². The van der Waals surface area contributed by atoms with Gasteiger partial charge in [-0.2, -0.15) is 4.57 Å². The smallest absolute Gasteiger partial charge is 0.199 e. The molecule has 16 heavy (non-hydrogen) atoms. The van der Waals surface area contributed by atoms with Crippen LogP contribution in [0.4, 0.5) is 0 Å². The van der Waals surface area contributed by atoms with E-state index in [1.54, 1.807) is 48.9 Å². The van der Waals surface area contributed by atoms with Crippen molar-refractivity contribution in [3.05, 3.63) is 53.2 Å². The maximum Gasteiger partial charge on any atom is 0.212 e. The van der Waals surface area contributed by atoms with Crippen molar-refractivity contribution in [2.45, 2.75) is 20.6 Å². The zero-order valence-corrected chi connectivity index (χ0v) is 9.41. The number of hydrogen-bond acceptors (Lipinski definition) is 0. The summed E-state index contributed by atoms with van der Waals surface area (Å²) >= 11 is 0. The van der Waals surface area contributed by atoms with Gasteiger partial charge in [0.2, 0.25) is 5.69 Å². The zero-order chi connectivity index (χ0) is 16.7. The van der Waals surface area contributed by atoms with Gasteiger partial charge < -0.3 is 0 Å². The topological polar surface area (TPSA) is 3.88 Å². The van der Waals surface area contributed by atoms with Crippen molar-refractivity contribution in [2.75, 3.05) is 0 Å². The van der Waals surface area contributed by atoms with Crippen LogP contribution < -0.4 is 4.57 Å². The van der Waals surface area contributed by atoms with Gasteiger partial charge in [0.1, 0.15) is 7.05 Å². The van der Waals surface area contributed by atoms with Gasteiger partial charge in [-0.3, -0.25) is 0 Å². The Kier molecular flexibility index (Phi) is 1.44. The van der Waals surface area contributed by atoms with Gasteiger partial charge in [0.15, 0.2) is 5.69 Å². The fourth-order valence-electron chi connectivity index (χ4n) is 1.77. The van der Waals surface area contributed by atoms with E-state index in [4.69, 9.17) is 8.22 Å². The third kappa shape index (κ3) is 1.73. The number of rotatable bonds is 1. The monoisotopic (exact) mass is 218 g/mol. The van der Waals surface area contributed by atoms with E-state index in [-0.39, 0.29) is 11.3 Å². The maximum atomic E-state index is 7.60. The van der Waals surface area contributed by atoms with Gasteiger partial charge in [0.05, 0.1) is 0 Å². The first-order valence-corrected chi connectivity index (χ1v) is 5.13. The van der Waals surface area contributed by atoms with Crippen LogP contribution in [0.1, 0.15) is 25.0 Å². The molecule has 0 N–H and O–H groups in total. The summed E-state index contributed by atoms with van der Waals surface area (Å²) in [6, 6.07) is 10.1. The molecule has 0 saturated heterocycles. The second kappa shape index (κ2) is 4.09. The van der Waals surface area contributed by atoms with Crippen molar-refractivity contribution in [3.8, 4) is 11.3 Å². The summed E-state index contributed by atoms with van der Waals surface area (Å²) in [7, 11) is 1.68. The average Bonchev–Trinajstić information content (AvgIpc) is 2.37. The SMILES string of the molecule is [2H]C([2H])([2H])c1cccc(-c2cccc(C([2H])([2H])[2H])[n+]2C)c1C. The van der Waals surface area contributed by atoms with Crippen molar-refractivity contribution < 1.29 is 12.8 Å². The van der Waals surface area contributed by atoms with Gasteiger partial charge >= 0.3 is 0 Å². The molecule has 1 aromatic carbocycles. The summed E-state index contributed by atoms with van der Waals surface area (Å²) < 4.78 is 47.2. The Bertz CT molecular complexity index is 639. The quantitative estimate of drug-likeness (QED) is 0.648. The molecule has 2 rings (SSSR count). The number of aryl methyl sites for hydroxylation is 2. The van der Waals surface area contributed by atoms with Crippen LogP contribution >= 0.6 is 0 Å². The molecular weight excluding hydrogens is 194 g/mol. The molecule has 0 aliphatic rings. The molecular formula is C15H18N+. The van der Waals surface area contributed by atoms with E-state index in [0.717, 1.165) is 5.56 Å². The minimum Gasteiger partial charge on any atom is -0.199 e. The molecule has 1 nitrogen and oxygen atoms in total. The molecule has 82 valence electrons. The largest absolute Gasteiger partial charge is 0.212 e. The third-order valence-electron chi connectivity index (χ3n) is 2.84. The molecule has 1 aromatic heterocycles. The highest BCUT2D eigenvalue weighted by molar-refractivity contribution is 5.62. The lowest BCUT2D eigenvalue weighted by Crippen LogP contribution is -2.34. The molecule has 0 saturated carbocycles. The highest BCUT2D eigenvalue weighted by atomic mass is 14.9. The Morgan fingerprint density at radius 1 is 1.06 bits per heavy atom. The number of aromatic nitrogens is 1. The second-order valence-corrected chi connectivity index (χ2v) is 3.83. The van der Waals surface area contributed by atoms with Gasteiger partial charge in [-0.15, -0.1) is 0 Å². The van der Waals surface area contributed by atoms with Crippen LogP contribution in [0, 0.1) is 20.6 Å². The molecule has 0 amide bonds. The molecule has 1 heterocycles. The zero-order valence-electron chi connectivity index (χ0n) is 15.4. The van der Waals surface area contributed by atoms with E-state index in [0.29, 0.717) is 11.3 Å². The van der Waals surface area contributed by atoms with Crippen LogP contribution in [-0.4, -0.2) is 0 Å². The van der Waals surface area contributed by atoms with Crippen molar-refractivity contribution in [1.82, 2.24) is 0 Å². The number of benzene rings is 1. The lowest BCUT2D eigenvalue weighted by atomic mass is 10.00. The van der Waals surface area contributed by atoms with Crippen molar-refractivity contribution in [2.24, 2.45) is 7.05 Å². The van der Waals surface area contributed by atoms with Crippen molar-refractivity contribution in [1.29, 1.82) is 0 Å². The molecule has 1 heteroatoms. The third-order valence-corrected chi connectivity index (χ3v) is 2.84. The van der Waals surface area contributed by atoms with Crippen molar-refractivity contribution >= 4 is 0 Å². The second-order valence-electron chi connectivity index (χ2n) is 3.83. The highest BCUT2D eigenvalue weighted by Crippen LogP contribution is 2.22. The molecule has 0 aliphatic carbocycles. The van der Waals surface area contributed by atoms with Crippen LogP contribution in [0.5, 0.6) is 0 Å². The maximum absolute atomic E-state index is 7.60. The first kappa shape index (κ1) is 5.62. The molecule has 0 unspecified atom stereocenters.